The van der Waals surface area contributed by atoms with Crippen molar-refractivity contribution >= 4 is 0 Å². The van der Waals surface area contributed by atoms with Crippen LogP contribution in [0.3, 0.4) is 0 Å². The van der Waals surface area contributed by atoms with Crippen LogP contribution in [0.4, 0.5) is 0 Å². The third-order valence-electron chi connectivity index (χ3n) is 3.79. The summed E-state index contributed by atoms with van der Waals surface area (Å²) in [6.07, 6.45) is 11.3. The summed E-state index contributed by atoms with van der Waals surface area (Å²) in [7, 11) is 2.14. The van der Waals surface area contributed by atoms with Crippen molar-refractivity contribution in [2.45, 2.75) is 25.7 Å². The van der Waals surface area contributed by atoms with Gasteiger partial charge >= 0.3 is 0 Å². The zero-order valence-electron chi connectivity index (χ0n) is 8.50. The fourth-order valence-corrected chi connectivity index (χ4v) is 3.22. The SMILES string of the molecule is C#CCN(C)CC1CC2CCC1C2. The van der Waals surface area contributed by atoms with Gasteiger partial charge < -0.3 is 0 Å². The van der Waals surface area contributed by atoms with Crippen molar-refractivity contribution in [3.05, 3.63) is 0 Å². The molecule has 3 atom stereocenters. The Hall–Kier alpha value is -0.480. The number of fused-ring (bicyclic) bond motifs is 2. The van der Waals surface area contributed by atoms with Gasteiger partial charge in [-0.1, -0.05) is 12.3 Å². The number of hydrogen-bond acceptors (Lipinski definition) is 1. The van der Waals surface area contributed by atoms with E-state index in [1.165, 1.54) is 32.2 Å². The van der Waals surface area contributed by atoms with Crippen molar-refractivity contribution in [2.75, 3.05) is 20.1 Å². The van der Waals surface area contributed by atoms with Crippen molar-refractivity contribution in [3.8, 4) is 12.3 Å². The van der Waals surface area contributed by atoms with Crippen LogP contribution in [0.25, 0.3) is 0 Å². The Morgan fingerprint density at radius 1 is 1.38 bits per heavy atom. The second kappa shape index (κ2) is 3.72. The molecule has 0 spiro atoms. The van der Waals surface area contributed by atoms with E-state index in [2.05, 4.69) is 17.9 Å². The molecule has 1 heteroatoms. The predicted molar refractivity (Wildman–Crippen MR) is 55.3 cm³/mol. The summed E-state index contributed by atoms with van der Waals surface area (Å²) in [6, 6.07) is 0. The van der Waals surface area contributed by atoms with Gasteiger partial charge in [0.25, 0.3) is 0 Å². The molecule has 0 aromatic heterocycles. The minimum atomic E-state index is 0.813. The molecule has 0 radical (unpaired) electrons. The quantitative estimate of drug-likeness (QED) is 0.596. The van der Waals surface area contributed by atoms with Crippen molar-refractivity contribution < 1.29 is 0 Å². The molecule has 0 aromatic rings. The molecule has 0 aromatic carbocycles. The number of nitrogens with zero attached hydrogens (tertiary/aromatic N) is 1. The molecule has 2 aliphatic rings. The number of terminal acetylenes is 1. The van der Waals surface area contributed by atoms with Gasteiger partial charge in [-0.3, -0.25) is 4.90 Å². The lowest BCUT2D eigenvalue weighted by molar-refractivity contribution is 0.235. The predicted octanol–water partition coefficient (Wildman–Crippen LogP) is 1.99. The van der Waals surface area contributed by atoms with Crippen LogP contribution in [0.1, 0.15) is 25.7 Å². The zero-order chi connectivity index (χ0) is 9.26. The van der Waals surface area contributed by atoms with Crippen LogP contribution in [0.15, 0.2) is 0 Å². The van der Waals surface area contributed by atoms with E-state index in [0.29, 0.717) is 0 Å². The van der Waals surface area contributed by atoms with Gasteiger partial charge in [0.05, 0.1) is 6.54 Å². The lowest BCUT2D eigenvalue weighted by Crippen LogP contribution is -2.28. The molecule has 13 heavy (non-hydrogen) atoms. The van der Waals surface area contributed by atoms with Crippen LogP contribution >= 0.6 is 0 Å². The maximum Gasteiger partial charge on any atom is 0.0596 e. The van der Waals surface area contributed by atoms with Crippen molar-refractivity contribution in [1.82, 2.24) is 4.90 Å². The average Bonchev–Trinajstić information content (AvgIpc) is 2.65. The molecule has 0 heterocycles. The lowest BCUT2D eigenvalue weighted by Gasteiger charge is -2.25. The smallest absolute Gasteiger partial charge is 0.0596 e. The third-order valence-corrected chi connectivity index (χ3v) is 3.79. The second-order valence-electron chi connectivity index (χ2n) is 4.84. The summed E-state index contributed by atoms with van der Waals surface area (Å²) in [4.78, 5) is 2.30. The number of hydrogen-bond donors (Lipinski definition) is 0. The Kier molecular flexibility index (Phi) is 2.60. The summed E-state index contributed by atoms with van der Waals surface area (Å²) in [5.74, 6) is 5.76. The second-order valence-corrected chi connectivity index (χ2v) is 4.84. The van der Waals surface area contributed by atoms with Crippen LogP contribution in [0, 0.1) is 30.1 Å². The average molecular weight is 177 g/mol. The molecule has 0 amide bonds. The van der Waals surface area contributed by atoms with Crippen molar-refractivity contribution in [3.63, 3.8) is 0 Å². The Bertz CT molecular complexity index is 216. The Labute approximate surface area is 81.5 Å². The highest BCUT2D eigenvalue weighted by Crippen LogP contribution is 2.48. The van der Waals surface area contributed by atoms with Gasteiger partial charge in [-0.25, -0.2) is 0 Å². The molecule has 3 unspecified atom stereocenters. The largest absolute Gasteiger partial charge is 0.295 e. The summed E-state index contributed by atoms with van der Waals surface area (Å²) >= 11 is 0. The molecule has 2 saturated carbocycles. The molecule has 0 aliphatic heterocycles. The zero-order valence-corrected chi connectivity index (χ0v) is 8.50. The first-order valence-electron chi connectivity index (χ1n) is 5.41. The summed E-state index contributed by atoms with van der Waals surface area (Å²) < 4.78 is 0. The van der Waals surface area contributed by atoms with Gasteiger partial charge in [-0.2, -0.15) is 0 Å². The van der Waals surface area contributed by atoms with Gasteiger partial charge in [0, 0.05) is 6.54 Å². The Morgan fingerprint density at radius 2 is 2.23 bits per heavy atom. The Balaban J connectivity index is 1.80. The van der Waals surface area contributed by atoms with Gasteiger partial charge in [-0.05, 0) is 44.1 Å². The Morgan fingerprint density at radius 3 is 2.77 bits per heavy atom. The first kappa shape index (κ1) is 9.09. The molecule has 2 aliphatic carbocycles. The fraction of sp³-hybridized carbons (Fsp3) is 0.833. The van der Waals surface area contributed by atoms with Gasteiger partial charge in [0.2, 0.25) is 0 Å². The molecule has 72 valence electrons. The van der Waals surface area contributed by atoms with E-state index in [1.807, 2.05) is 0 Å². The maximum absolute atomic E-state index is 5.29. The van der Waals surface area contributed by atoms with E-state index in [-0.39, 0.29) is 0 Å². The molecule has 0 saturated heterocycles. The first-order valence-corrected chi connectivity index (χ1v) is 5.41. The van der Waals surface area contributed by atoms with E-state index in [0.717, 1.165) is 24.3 Å². The normalized spacial score (nSPS) is 36.8. The van der Waals surface area contributed by atoms with Crippen molar-refractivity contribution in [1.29, 1.82) is 0 Å². The minimum absolute atomic E-state index is 0.813. The van der Waals surface area contributed by atoms with Crippen LogP contribution in [0.2, 0.25) is 0 Å². The highest BCUT2D eigenvalue weighted by molar-refractivity contribution is 4.93. The summed E-state index contributed by atoms with van der Waals surface area (Å²) in [5, 5.41) is 0. The van der Waals surface area contributed by atoms with E-state index >= 15 is 0 Å². The van der Waals surface area contributed by atoms with Crippen molar-refractivity contribution in [2.24, 2.45) is 17.8 Å². The standard InChI is InChI=1S/C12H19N/c1-3-6-13(2)9-12-8-10-4-5-11(12)7-10/h1,10-12H,4-9H2,2H3. The van der Waals surface area contributed by atoms with Gasteiger partial charge in [0.15, 0.2) is 0 Å². The van der Waals surface area contributed by atoms with E-state index in [4.69, 9.17) is 6.42 Å². The monoisotopic (exact) mass is 177 g/mol. The topological polar surface area (TPSA) is 3.24 Å². The highest BCUT2D eigenvalue weighted by atomic mass is 15.1. The molecule has 2 bridgehead atoms. The van der Waals surface area contributed by atoms with E-state index < -0.39 is 0 Å². The van der Waals surface area contributed by atoms with Gasteiger partial charge in [-0.15, -0.1) is 6.42 Å². The minimum Gasteiger partial charge on any atom is -0.295 e. The lowest BCUT2D eigenvalue weighted by atomic mass is 9.88. The highest BCUT2D eigenvalue weighted by Gasteiger charge is 2.39. The number of rotatable bonds is 3. The maximum atomic E-state index is 5.29. The van der Waals surface area contributed by atoms with E-state index in [9.17, 15) is 0 Å². The molecule has 2 fully saturated rings. The van der Waals surface area contributed by atoms with E-state index in [1.54, 1.807) is 0 Å². The molecule has 2 rings (SSSR count). The van der Waals surface area contributed by atoms with Crippen LogP contribution in [-0.4, -0.2) is 25.0 Å². The molecule has 1 nitrogen and oxygen atoms in total. The molecular weight excluding hydrogens is 158 g/mol. The van der Waals surface area contributed by atoms with Crippen LogP contribution in [0.5, 0.6) is 0 Å². The van der Waals surface area contributed by atoms with Crippen LogP contribution in [-0.2, 0) is 0 Å². The van der Waals surface area contributed by atoms with Gasteiger partial charge in [0.1, 0.15) is 0 Å². The first-order chi connectivity index (χ1) is 6.29. The third kappa shape index (κ3) is 1.89. The van der Waals surface area contributed by atoms with Crippen LogP contribution < -0.4 is 0 Å². The molecular formula is C12H19N. The fourth-order valence-electron chi connectivity index (χ4n) is 3.22. The summed E-state index contributed by atoms with van der Waals surface area (Å²) in [6.45, 7) is 2.04. The summed E-state index contributed by atoms with van der Waals surface area (Å²) in [5.41, 5.74) is 0. The molecule has 0 N–H and O–H groups in total.